The van der Waals surface area contributed by atoms with E-state index in [1.165, 1.54) is 0 Å². The van der Waals surface area contributed by atoms with Gasteiger partial charge in [0.25, 0.3) is 0 Å². The van der Waals surface area contributed by atoms with E-state index in [0.29, 0.717) is 12.1 Å². The van der Waals surface area contributed by atoms with E-state index in [0.717, 1.165) is 56.7 Å². The summed E-state index contributed by atoms with van der Waals surface area (Å²) in [6, 6.07) is 3.14. The lowest BCUT2D eigenvalue weighted by Crippen LogP contribution is -2.45. The van der Waals surface area contributed by atoms with Gasteiger partial charge in [-0.25, -0.2) is 0 Å². The van der Waals surface area contributed by atoms with E-state index in [-0.39, 0.29) is 5.79 Å². The molecule has 20 heavy (non-hydrogen) atoms. The summed E-state index contributed by atoms with van der Waals surface area (Å²) in [6.45, 7) is 5.79. The summed E-state index contributed by atoms with van der Waals surface area (Å²) in [5, 5.41) is 11.0. The molecule has 1 aromatic heterocycles. The smallest absolute Gasteiger partial charge is 0.168 e. The first-order valence-electron chi connectivity index (χ1n) is 7.70. The van der Waals surface area contributed by atoms with Gasteiger partial charge in [-0.15, -0.1) is 0 Å². The molecule has 0 amide bonds. The molecule has 2 aliphatic rings. The molecule has 0 unspecified atom stereocenters. The molecule has 2 fully saturated rings. The van der Waals surface area contributed by atoms with Gasteiger partial charge in [-0.05, 0) is 32.8 Å². The Balaban J connectivity index is 1.44. The Hall–Kier alpha value is -0.910. The topological polar surface area (TPSA) is 59.2 Å². The Kier molecular flexibility index (Phi) is 4.10. The standard InChI is InChI=1S/C15H25N3O2/c1-11(9-14-10-12(2)17-18-14)16-13-3-5-15(6-4-13)19-7-8-20-15/h10-11,13,16H,3-9H2,1-2H3,(H,17,18)/t11-/m0/s1. The molecule has 1 aliphatic carbocycles. The number of hydrogen-bond acceptors (Lipinski definition) is 4. The summed E-state index contributed by atoms with van der Waals surface area (Å²) in [4.78, 5) is 0. The van der Waals surface area contributed by atoms with Gasteiger partial charge in [0, 0.05) is 37.0 Å². The van der Waals surface area contributed by atoms with Gasteiger partial charge >= 0.3 is 0 Å². The van der Waals surface area contributed by atoms with Crippen molar-refractivity contribution in [1.82, 2.24) is 15.5 Å². The van der Waals surface area contributed by atoms with E-state index in [1.807, 2.05) is 6.92 Å². The molecule has 3 rings (SSSR count). The van der Waals surface area contributed by atoms with Gasteiger partial charge in [-0.2, -0.15) is 5.10 Å². The Morgan fingerprint density at radius 2 is 2.10 bits per heavy atom. The summed E-state index contributed by atoms with van der Waals surface area (Å²) in [5.41, 5.74) is 2.26. The lowest BCUT2D eigenvalue weighted by atomic mass is 9.89. The average molecular weight is 279 g/mol. The van der Waals surface area contributed by atoms with Crippen molar-refractivity contribution in [2.45, 2.75) is 63.8 Å². The van der Waals surface area contributed by atoms with Crippen LogP contribution in [0.2, 0.25) is 0 Å². The van der Waals surface area contributed by atoms with Crippen LogP contribution < -0.4 is 5.32 Å². The molecule has 112 valence electrons. The van der Waals surface area contributed by atoms with Crippen LogP contribution in [0.5, 0.6) is 0 Å². The summed E-state index contributed by atoms with van der Waals surface area (Å²) >= 11 is 0. The van der Waals surface area contributed by atoms with Crippen LogP contribution in [-0.2, 0) is 15.9 Å². The summed E-state index contributed by atoms with van der Waals surface area (Å²) in [5.74, 6) is -0.249. The molecule has 0 radical (unpaired) electrons. The first kappa shape index (κ1) is 14.0. The van der Waals surface area contributed by atoms with Gasteiger partial charge in [0.05, 0.1) is 18.9 Å². The minimum atomic E-state index is -0.249. The number of nitrogens with zero attached hydrogens (tertiary/aromatic N) is 1. The zero-order valence-electron chi connectivity index (χ0n) is 12.4. The minimum absolute atomic E-state index is 0.249. The molecule has 1 saturated carbocycles. The van der Waals surface area contributed by atoms with Gasteiger partial charge < -0.3 is 14.8 Å². The fourth-order valence-corrected chi connectivity index (χ4v) is 3.36. The van der Waals surface area contributed by atoms with Gasteiger partial charge in [0.15, 0.2) is 5.79 Å². The first-order valence-corrected chi connectivity index (χ1v) is 7.70. The van der Waals surface area contributed by atoms with Crippen LogP contribution in [0.15, 0.2) is 6.07 Å². The summed E-state index contributed by atoms with van der Waals surface area (Å²) in [7, 11) is 0. The Bertz CT molecular complexity index is 430. The predicted molar refractivity (Wildman–Crippen MR) is 76.5 cm³/mol. The zero-order chi connectivity index (χ0) is 14.0. The van der Waals surface area contributed by atoms with Crippen LogP contribution in [0.4, 0.5) is 0 Å². The lowest BCUT2D eigenvalue weighted by molar-refractivity contribution is -0.179. The third-order valence-corrected chi connectivity index (χ3v) is 4.36. The van der Waals surface area contributed by atoms with Gasteiger partial charge in [0.1, 0.15) is 0 Å². The van der Waals surface area contributed by atoms with Gasteiger partial charge in [-0.1, -0.05) is 0 Å². The second kappa shape index (κ2) is 5.84. The second-order valence-corrected chi connectivity index (χ2v) is 6.20. The highest BCUT2D eigenvalue weighted by molar-refractivity contribution is 5.08. The Morgan fingerprint density at radius 1 is 1.40 bits per heavy atom. The first-order chi connectivity index (χ1) is 9.65. The fraction of sp³-hybridized carbons (Fsp3) is 0.800. The molecule has 5 heteroatoms. The number of aryl methyl sites for hydroxylation is 1. The third kappa shape index (κ3) is 3.22. The van der Waals surface area contributed by atoms with Crippen molar-refractivity contribution >= 4 is 0 Å². The van der Waals surface area contributed by atoms with Crippen LogP contribution in [0.1, 0.15) is 44.0 Å². The van der Waals surface area contributed by atoms with Crippen molar-refractivity contribution in [3.05, 3.63) is 17.5 Å². The highest BCUT2D eigenvalue weighted by Crippen LogP contribution is 2.35. The number of rotatable bonds is 4. The number of ether oxygens (including phenoxy) is 2. The maximum atomic E-state index is 5.77. The van der Waals surface area contributed by atoms with E-state index in [2.05, 4.69) is 28.5 Å². The molecule has 2 N–H and O–H groups in total. The van der Waals surface area contributed by atoms with Crippen LogP contribution in [0.25, 0.3) is 0 Å². The molecule has 5 nitrogen and oxygen atoms in total. The Morgan fingerprint density at radius 3 is 2.70 bits per heavy atom. The number of aromatic nitrogens is 2. The summed E-state index contributed by atoms with van der Waals surface area (Å²) < 4.78 is 11.5. The maximum absolute atomic E-state index is 5.77. The van der Waals surface area contributed by atoms with Crippen molar-refractivity contribution < 1.29 is 9.47 Å². The molecular weight excluding hydrogens is 254 g/mol. The number of H-pyrrole nitrogens is 1. The number of nitrogens with one attached hydrogen (secondary N) is 2. The SMILES string of the molecule is Cc1cc(C[C@H](C)NC2CCC3(CC2)OCCO3)n[nH]1. The summed E-state index contributed by atoms with van der Waals surface area (Å²) in [6.07, 6.45) is 5.25. The molecule has 1 saturated heterocycles. The van der Waals surface area contributed by atoms with Crippen LogP contribution >= 0.6 is 0 Å². The highest BCUT2D eigenvalue weighted by Gasteiger charge is 2.40. The van der Waals surface area contributed by atoms with Crippen LogP contribution in [0, 0.1) is 6.92 Å². The molecule has 1 spiro atoms. The third-order valence-electron chi connectivity index (χ3n) is 4.36. The van der Waals surface area contributed by atoms with Crippen molar-refractivity contribution in [2.24, 2.45) is 0 Å². The minimum Gasteiger partial charge on any atom is -0.348 e. The maximum Gasteiger partial charge on any atom is 0.168 e. The average Bonchev–Trinajstić information content (AvgIpc) is 3.03. The van der Waals surface area contributed by atoms with E-state index in [4.69, 9.17) is 9.47 Å². The van der Waals surface area contributed by atoms with E-state index < -0.39 is 0 Å². The predicted octanol–water partition coefficient (Wildman–Crippen LogP) is 1.92. The number of hydrogen-bond donors (Lipinski definition) is 2. The monoisotopic (exact) mass is 279 g/mol. The molecule has 1 aliphatic heterocycles. The Labute approximate surface area is 120 Å². The molecule has 0 bridgehead atoms. The molecule has 1 atom stereocenters. The molecule has 2 heterocycles. The van der Waals surface area contributed by atoms with E-state index >= 15 is 0 Å². The zero-order valence-corrected chi connectivity index (χ0v) is 12.4. The normalized spacial score (nSPS) is 24.3. The molecular formula is C15H25N3O2. The van der Waals surface area contributed by atoms with E-state index in [1.54, 1.807) is 0 Å². The second-order valence-electron chi connectivity index (χ2n) is 6.20. The quantitative estimate of drug-likeness (QED) is 0.884. The highest BCUT2D eigenvalue weighted by atomic mass is 16.7. The molecule has 0 aromatic carbocycles. The lowest BCUT2D eigenvalue weighted by Gasteiger charge is -2.36. The number of aromatic amines is 1. The largest absolute Gasteiger partial charge is 0.348 e. The van der Waals surface area contributed by atoms with Crippen molar-refractivity contribution in [3.63, 3.8) is 0 Å². The van der Waals surface area contributed by atoms with Crippen molar-refractivity contribution in [2.75, 3.05) is 13.2 Å². The van der Waals surface area contributed by atoms with Crippen molar-refractivity contribution in [3.8, 4) is 0 Å². The van der Waals surface area contributed by atoms with Gasteiger partial charge in [-0.3, -0.25) is 5.10 Å². The van der Waals surface area contributed by atoms with Crippen LogP contribution in [0.3, 0.4) is 0 Å². The van der Waals surface area contributed by atoms with Crippen molar-refractivity contribution in [1.29, 1.82) is 0 Å². The van der Waals surface area contributed by atoms with Gasteiger partial charge in [0.2, 0.25) is 0 Å². The molecule has 1 aromatic rings. The van der Waals surface area contributed by atoms with E-state index in [9.17, 15) is 0 Å². The fourth-order valence-electron chi connectivity index (χ4n) is 3.36. The van der Waals surface area contributed by atoms with Crippen LogP contribution in [-0.4, -0.2) is 41.3 Å².